The molecule has 1 atom stereocenters. The Bertz CT molecular complexity index is 331. The van der Waals surface area contributed by atoms with Gasteiger partial charge in [-0.2, -0.15) is 4.39 Å². The Balaban J connectivity index is 2.56. The molecule has 1 N–H and O–H groups in total. The number of nitrogens with one attached hydrogen (secondary N) is 1. The Kier molecular flexibility index (Phi) is 5.19. The lowest BCUT2D eigenvalue weighted by atomic mass is 10.2. The second-order valence-corrected chi connectivity index (χ2v) is 3.53. The van der Waals surface area contributed by atoms with Crippen LogP contribution in [-0.4, -0.2) is 19.2 Å². The van der Waals surface area contributed by atoms with E-state index in [1.54, 1.807) is 0 Å². The summed E-state index contributed by atoms with van der Waals surface area (Å²) < 4.78 is 31.3. The molecule has 0 spiro atoms. The molecule has 0 fully saturated rings. The highest BCUT2D eigenvalue weighted by Gasteiger charge is 2.11. The van der Waals surface area contributed by atoms with E-state index in [2.05, 4.69) is 5.32 Å². The van der Waals surface area contributed by atoms with Crippen molar-refractivity contribution in [3.05, 3.63) is 29.8 Å². The van der Waals surface area contributed by atoms with E-state index in [0.717, 1.165) is 19.0 Å². The zero-order valence-electron chi connectivity index (χ0n) is 9.59. The molecule has 0 bridgehead atoms. The van der Waals surface area contributed by atoms with Crippen LogP contribution in [0.5, 0.6) is 5.75 Å². The summed E-state index contributed by atoms with van der Waals surface area (Å²) in [5, 5.41) is 3.20. The van der Waals surface area contributed by atoms with Gasteiger partial charge in [0.2, 0.25) is 5.82 Å². The topological polar surface area (TPSA) is 21.3 Å². The fourth-order valence-corrected chi connectivity index (χ4v) is 1.40. The van der Waals surface area contributed by atoms with Gasteiger partial charge in [-0.25, -0.2) is 4.39 Å². The van der Waals surface area contributed by atoms with Gasteiger partial charge in [-0.3, -0.25) is 0 Å². The van der Waals surface area contributed by atoms with Crippen LogP contribution in [0.1, 0.15) is 20.3 Å². The molecule has 0 saturated heterocycles. The van der Waals surface area contributed by atoms with E-state index in [0.29, 0.717) is 6.61 Å². The van der Waals surface area contributed by atoms with Gasteiger partial charge in [0.15, 0.2) is 11.6 Å². The number of likely N-dealkylation sites (N-methyl/N-ethyl adjacent to an activating group) is 1. The molecule has 0 heterocycles. The molecule has 0 aliphatic carbocycles. The summed E-state index contributed by atoms with van der Waals surface area (Å²) in [6.45, 7) is 5.17. The van der Waals surface area contributed by atoms with Gasteiger partial charge in [0, 0.05) is 6.04 Å². The fraction of sp³-hybridized carbons (Fsp3) is 0.500. The van der Waals surface area contributed by atoms with Crippen molar-refractivity contribution in [3.63, 3.8) is 0 Å². The van der Waals surface area contributed by atoms with Crippen LogP contribution in [0.4, 0.5) is 8.78 Å². The maximum absolute atomic E-state index is 13.2. The largest absolute Gasteiger partial charge is 0.489 e. The lowest BCUT2D eigenvalue weighted by Gasteiger charge is -2.16. The van der Waals surface area contributed by atoms with E-state index in [4.69, 9.17) is 4.74 Å². The smallest absolute Gasteiger partial charge is 0.200 e. The number of hydrogen-bond donors (Lipinski definition) is 1. The van der Waals surface area contributed by atoms with Gasteiger partial charge >= 0.3 is 0 Å². The molecule has 1 unspecified atom stereocenters. The minimum atomic E-state index is -0.922. The molecule has 16 heavy (non-hydrogen) atoms. The summed E-state index contributed by atoms with van der Waals surface area (Å²) in [5.41, 5.74) is 0. The van der Waals surface area contributed by atoms with Crippen molar-refractivity contribution < 1.29 is 13.5 Å². The predicted octanol–water partition coefficient (Wildman–Crippen LogP) is 2.73. The van der Waals surface area contributed by atoms with Crippen molar-refractivity contribution in [2.24, 2.45) is 0 Å². The molecule has 4 heteroatoms. The Morgan fingerprint density at radius 1 is 1.31 bits per heavy atom. The van der Waals surface area contributed by atoms with Crippen molar-refractivity contribution in [3.8, 4) is 5.75 Å². The fourth-order valence-electron chi connectivity index (χ4n) is 1.40. The van der Waals surface area contributed by atoms with Crippen LogP contribution < -0.4 is 10.1 Å². The predicted molar refractivity (Wildman–Crippen MR) is 59.6 cm³/mol. The first kappa shape index (κ1) is 12.9. The number of benzene rings is 1. The Labute approximate surface area is 94.6 Å². The molecule has 2 nitrogen and oxygen atoms in total. The SMILES string of the molecule is CCNC(CC)COc1cccc(F)c1F. The average molecular weight is 229 g/mol. The Hall–Kier alpha value is -1.16. The second-order valence-electron chi connectivity index (χ2n) is 3.53. The maximum Gasteiger partial charge on any atom is 0.200 e. The van der Waals surface area contributed by atoms with Crippen LogP contribution in [0.2, 0.25) is 0 Å². The van der Waals surface area contributed by atoms with E-state index >= 15 is 0 Å². The third kappa shape index (κ3) is 3.45. The minimum absolute atomic E-state index is 0.0312. The summed E-state index contributed by atoms with van der Waals surface area (Å²) >= 11 is 0. The van der Waals surface area contributed by atoms with E-state index in [9.17, 15) is 8.78 Å². The van der Waals surface area contributed by atoms with Crippen LogP contribution in [0.3, 0.4) is 0 Å². The zero-order valence-corrected chi connectivity index (χ0v) is 9.59. The average Bonchev–Trinajstić information content (AvgIpc) is 2.29. The normalized spacial score (nSPS) is 12.5. The standard InChI is InChI=1S/C12H17F2NO/c1-3-9(15-4-2)8-16-11-7-5-6-10(13)12(11)14/h5-7,9,15H,3-4,8H2,1-2H3. The Morgan fingerprint density at radius 3 is 2.69 bits per heavy atom. The lowest BCUT2D eigenvalue weighted by Crippen LogP contribution is -2.33. The van der Waals surface area contributed by atoms with Gasteiger partial charge in [-0.05, 0) is 25.1 Å². The minimum Gasteiger partial charge on any atom is -0.489 e. The first-order chi connectivity index (χ1) is 7.69. The zero-order chi connectivity index (χ0) is 12.0. The monoisotopic (exact) mass is 229 g/mol. The van der Waals surface area contributed by atoms with Gasteiger partial charge in [-0.15, -0.1) is 0 Å². The molecule has 90 valence electrons. The van der Waals surface area contributed by atoms with Gasteiger partial charge < -0.3 is 10.1 Å². The van der Waals surface area contributed by atoms with Crippen LogP contribution in [0, 0.1) is 11.6 Å². The van der Waals surface area contributed by atoms with Gasteiger partial charge in [0.1, 0.15) is 6.61 Å². The van der Waals surface area contributed by atoms with Crippen LogP contribution >= 0.6 is 0 Å². The van der Waals surface area contributed by atoms with Crippen LogP contribution in [-0.2, 0) is 0 Å². The molecule has 0 aliphatic rings. The quantitative estimate of drug-likeness (QED) is 0.809. The molecular formula is C12H17F2NO. The van der Waals surface area contributed by atoms with Crippen molar-refractivity contribution in [2.45, 2.75) is 26.3 Å². The second kappa shape index (κ2) is 6.43. The van der Waals surface area contributed by atoms with E-state index in [-0.39, 0.29) is 11.8 Å². The molecule has 0 aliphatic heterocycles. The summed E-state index contributed by atoms with van der Waals surface area (Å²) in [5.74, 6) is -1.83. The van der Waals surface area contributed by atoms with Gasteiger partial charge in [-0.1, -0.05) is 19.9 Å². The number of rotatable bonds is 6. The summed E-state index contributed by atoms with van der Waals surface area (Å²) in [6, 6.07) is 4.09. The third-order valence-corrected chi connectivity index (χ3v) is 2.34. The summed E-state index contributed by atoms with van der Waals surface area (Å²) in [4.78, 5) is 0. The van der Waals surface area contributed by atoms with Gasteiger partial charge in [0.05, 0.1) is 0 Å². The van der Waals surface area contributed by atoms with Gasteiger partial charge in [0.25, 0.3) is 0 Å². The van der Waals surface area contributed by atoms with Crippen LogP contribution in [0.15, 0.2) is 18.2 Å². The van der Waals surface area contributed by atoms with E-state index in [1.165, 1.54) is 12.1 Å². The summed E-state index contributed by atoms with van der Waals surface area (Å²) in [7, 11) is 0. The van der Waals surface area contributed by atoms with Crippen molar-refractivity contribution >= 4 is 0 Å². The number of halogens is 2. The number of hydrogen-bond acceptors (Lipinski definition) is 2. The molecule has 0 aromatic heterocycles. The highest BCUT2D eigenvalue weighted by molar-refractivity contribution is 5.25. The van der Waals surface area contributed by atoms with Crippen LogP contribution in [0.25, 0.3) is 0 Å². The molecule has 0 saturated carbocycles. The van der Waals surface area contributed by atoms with Crippen molar-refractivity contribution in [1.82, 2.24) is 5.32 Å². The lowest BCUT2D eigenvalue weighted by molar-refractivity contribution is 0.248. The maximum atomic E-state index is 13.2. The molecule has 1 rings (SSSR count). The summed E-state index contributed by atoms with van der Waals surface area (Å²) in [6.07, 6.45) is 0.880. The molecule has 1 aromatic rings. The first-order valence-electron chi connectivity index (χ1n) is 5.49. The van der Waals surface area contributed by atoms with Crippen molar-refractivity contribution in [1.29, 1.82) is 0 Å². The van der Waals surface area contributed by atoms with Crippen molar-refractivity contribution in [2.75, 3.05) is 13.2 Å². The number of ether oxygens (including phenoxy) is 1. The highest BCUT2D eigenvalue weighted by Crippen LogP contribution is 2.19. The molecule has 0 amide bonds. The molecule has 0 radical (unpaired) electrons. The highest BCUT2D eigenvalue weighted by atomic mass is 19.2. The molecular weight excluding hydrogens is 212 g/mol. The Morgan fingerprint density at radius 2 is 2.06 bits per heavy atom. The van der Waals surface area contributed by atoms with E-state index < -0.39 is 11.6 Å². The van der Waals surface area contributed by atoms with E-state index in [1.807, 2.05) is 13.8 Å². The first-order valence-corrected chi connectivity index (χ1v) is 5.49. The molecule has 1 aromatic carbocycles. The third-order valence-electron chi connectivity index (χ3n) is 2.34.